The number of rotatable bonds is 3. The minimum Gasteiger partial charge on any atom is -0.442 e. The molecule has 2 aromatic rings. The van der Waals surface area contributed by atoms with Crippen molar-refractivity contribution < 1.29 is 14.3 Å². The van der Waals surface area contributed by atoms with Gasteiger partial charge in [0, 0.05) is 18.7 Å². The van der Waals surface area contributed by atoms with Crippen LogP contribution >= 0.6 is 0 Å². The van der Waals surface area contributed by atoms with Crippen LogP contribution in [0.3, 0.4) is 0 Å². The third-order valence-corrected chi connectivity index (χ3v) is 4.72. The Labute approximate surface area is 150 Å². The van der Waals surface area contributed by atoms with E-state index in [2.05, 4.69) is 16.4 Å². The van der Waals surface area contributed by atoms with Crippen molar-refractivity contribution in [1.82, 2.24) is 10.3 Å². The highest BCUT2D eigenvalue weighted by molar-refractivity contribution is 5.94. The number of nitrogens with one attached hydrogen (secondary N) is 1. The van der Waals surface area contributed by atoms with Crippen LogP contribution < -0.4 is 10.2 Å². The first-order valence-electron chi connectivity index (χ1n) is 8.30. The predicted molar refractivity (Wildman–Crippen MR) is 93.3 cm³/mol. The van der Waals surface area contributed by atoms with Gasteiger partial charge in [0.2, 0.25) is 5.91 Å². The maximum Gasteiger partial charge on any atom is 0.415 e. The fourth-order valence-corrected chi connectivity index (χ4v) is 3.49. The Balaban J connectivity index is 1.60. The van der Waals surface area contributed by atoms with E-state index in [9.17, 15) is 9.59 Å². The van der Waals surface area contributed by atoms with Crippen LogP contribution in [0.2, 0.25) is 0 Å². The maximum absolute atomic E-state index is 12.2. The van der Waals surface area contributed by atoms with Crippen LogP contribution in [0.4, 0.5) is 10.5 Å². The summed E-state index contributed by atoms with van der Waals surface area (Å²) in [6, 6.07) is 11.3. The molecule has 2 atom stereocenters. The highest BCUT2D eigenvalue weighted by Crippen LogP contribution is 2.40. The molecule has 0 unspecified atom stereocenters. The molecule has 7 nitrogen and oxygen atoms in total. The first-order chi connectivity index (χ1) is 12.6. The summed E-state index contributed by atoms with van der Waals surface area (Å²) in [5, 5.41) is 11.6. The van der Waals surface area contributed by atoms with Crippen molar-refractivity contribution in [3.63, 3.8) is 0 Å². The molecule has 1 aromatic carbocycles. The van der Waals surface area contributed by atoms with E-state index in [1.54, 1.807) is 17.2 Å². The molecule has 1 N–H and O–H groups in total. The number of fused-ring (bicyclic) bond motifs is 3. The van der Waals surface area contributed by atoms with Crippen molar-refractivity contribution >= 4 is 17.7 Å². The van der Waals surface area contributed by atoms with Crippen molar-refractivity contribution in [2.24, 2.45) is 0 Å². The Morgan fingerprint density at radius 3 is 2.96 bits per heavy atom. The Bertz CT molecular complexity index is 933. The molecule has 1 aromatic heterocycles. The standard InChI is InChI=1S/C19H16N4O3/c1-11(24)21-10-18-17-7-14-6-13(15-4-2-12(8-20)9-22-15)3-5-16(14)23(17)19(25)26-18/h2-6,9,17-18H,7,10H2,1H3,(H,21,24)/t17-,18-/m0/s1. The minimum atomic E-state index is -0.381. The van der Waals surface area contributed by atoms with E-state index >= 15 is 0 Å². The quantitative estimate of drug-likeness (QED) is 0.915. The van der Waals surface area contributed by atoms with Crippen molar-refractivity contribution in [2.45, 2.75) is 25.5 Å². The van der Waals surface area contributed by atoms with E-state index in [0.717, 1.165) is 22.5 Å². The summed E-state index contributed by atoms with van der Waals surface area (Å²) in [6.07, 6.45) is 1.46. The number of carbonyl (C=O) groups excluding carboxylic acids is 2. The van der Waals surface area contributed by atoms with Crippen LogP contribution in [0.5, 0.6) is 0 Å². The van der Waals surface area contributed by atoms with Crippen LogP contribution in [0.15, 0.2) is 36.5 Å². The number of amides is 2. The molecular weight excluding hydrogens is 332 g/mol. The molecule has 4 rings (SSSR count). The molecule has 0 spiro atoms. The normalized spacial score (nSPS) is 20.2. The molecule has 0 saturated carbocycles. The number of nitrogens with zero attached hydrogens (tertiary/aromatic N) is 3. The number of pyridine rings is 1. The molecule has 2 amide bonds. The third-order valence-electron chi connectivity index (χ3n) is 4.72. The van der Waals surface area contributed by atoms with Gasteiger partial charge < -0.3 is 10.1 Å². The number of anilines is 1. The van der Waals surface area contributed by atoms with Crippen molar-refractivity contribution in [2.75, 3.05) is 11.4 Å². The van der Waals surface area contributed by atoms with Gasteiger partial charge in [-0.2, -0.15) is 5.26 Å². The molecule has 7 heteroatoms. The topological polar surface area (TPSA) is 95.3 Å². The minimum absolute atomic E-state index is 0.117. The third kappa shape index (κ3) is 2.65. The Hall–Kier alpha value is -3.40. The van der Waals surface area contributed by atoms with Gasteiger partial charge in [-0.05, 0) is 36.2 Å². The van der Waals surface area contributed by atoms with Gasteiger partial charge in [-0.3, -0.25) is 14.7 Å². The number of carbonyl (C=O) groups is 2. The van der Waals surface area contributed by atoms with E-state index in [1.807, 2.05) is 24.3 Å². The highest BCUT2D eigenvalue weighted by atomic mass is 16.6. The van der Waals surface area contributed by atoms with Gasteiger partial charge in [0.25, 0.3) is 0 Å². The van der Waals surface area contributed by atoms with Gasteiger partial charge >= 0.3 is 6.09 Å². The number of ether oxygens (including phenoxy) is 1. The average molecular weight is 348 g/mol. The van der Waals surface area contributed by atoms with E-state index in [1.165, 1.54) is 6.92 Å². The van der Waals surface area contributed by atoms with E-state index in [0.29, 0.717) is 18.5 Å². The number of hydrogen-bond donors (Lipinski definition) is 1. The second kappa shape index (κ2) is 6.15. The number of aromatic nitrogens is 1. The van der Waals surface area contributed by atoms with Gasteiger partial charge in [-0.15, -0.1) is 0 Å². The summed E-state index contributed by atoms with van der Waals surface area (Å²) in [4.78, 5) is 29.4. The molecule has 0 radical (unpaired) electrons. The van der Waals surface area contributed by atoms with E-state index < -0.39 is 0 Å². The first kappa shape index (κ1) is 16.1. The first-order valence-corrected chi connectivity index (χ1v) is 8.30. The molecule has 3 heterocycles. The molecule has 0 bridgehead atoms. The Morgan fingerprint density at radius 1 is 1.42 bits per heavy atom. The van der Waals surface area contributed by atoms with Gasteiger partial charge in [0.15, 0.2) is 0 Å². The van der Waals surface area contributed by atoms with Gasteiger partial charge in [-0.1, -0.05) is 6.07 Å². The van der Waals surface area contributed by atoms with Crippen LogP contribution in [-0.4, -0.2) is 35.7 Å². The highest BCUT2D eigenvalue weighted by Gasteiger charge is 2.47. The summed E-state index contributed by atoms with van der Waals surface area (Å²) in [5.41, 5.74) is 4.10. The molecule has 2 aliphatic rings. The number of benzene rings is 1. The van der Waals surface area contributed by atoms with Crippen molar-refractivity contribution in [3.8, 4) is 17.3 Å². The number of hydrogen-bond acceptors (Lipinski definition) is 5. The second-order valence-corrected chi connectivity index (χ2v) is 6.39. The lowest BCUT2D eigenvalue weighted by Crippen LogP contribution is -2.40. The lowest BCUT2D eigenvalue weighted by atomic mass is 10.0. The lowest BCUT2D eigenvalue weighted by Gasteiger charge is -2.16. The van der Waals surface area contributed by atoms with Crippen LogP contribution in [-0.2, 0) is 16.0 Å². The van der Waals surface area contributed by atoms with Gasteiger partial charge in [-0.25, -0.2) is 4.79 Å². The molecule has 1 fully saturated rings. The van der Waals surface area contributed by atoms with E-state index in [-0.39, 0.29) is 24.1 Å². The lowest BCUT2D eigenvalue weighted by molar-refractivity contribution is -0.119. The fraction of sp³-hybridized carbons (Fsp3) is 0.263. The summed E-state index contributed by atoms with van der Waals surface area (Å²) in [6.45, 7) is 1.75. The SMILES string of the molecule is CC(=O)NC[C@@H]1OC(=O)N2c3ccc(-c4ccc(C#N)cn4)cc3C[C@@H]12. The maximum atomic E-state index is 12.2. The molecule has 0 aliphatic carbocycles. The largest absolute Gasteiger partial charge is 0.442 e. The fourth-order valence-electron chi connectivity index (χ4n) is 3.49. The molecule has 2 aliphatic heterocycles. The summed E-state index contributed by atoms with van der Waals surface area (Å²) in [5.74, 6) is -0.149. The van der Waals surface area contributed by atoms with Crippen molar-refractivity contribution in [3.05, 3.63) is 47.7 Å². The Kier molecular flexibility index (Phi) is 3.81. The molecule has 130 valence electrons. The molecule has 1 saturated heterocycles. The van der Waals surface area contributed by atoms with Gasteiger partial charge in [0.1, 0.15) is 12.2 Å². The Morgan fingerprint density at radius 2 is 2.27 bits per heavy atom. The molecular formula is C19H16N4O3. The monoisotopic (exact) mass is 348 g/mol. The average Bonchev–Trinajstić information content (AvgIpc) is 3.17. The summed E-state index contributed by atoms with van der Waals surface area (Å²) < 4.78 is 5.41. The number of cyclic esters (lactones) is 1. The second-order valence-electron chi connectivity index (χ2n) is 6.39. The zero-order chi connectivity index (χ0) is 18.3. The smallest absolute Gasteiger partial charge is 0.415 e. The number of nitriles is 1. The van der Waals surface area contributed by atoms with Crippen molar-refractivity contribution in [1.29, 1.82) is 5.26 Å². The van der Waals surface area contributed by atoms with Crippen LogP contribution in [0.1, 0.15) is 18.1 Å². The van der Waals surface area contributed by atoms with Crippen LogP contribution in [0, 0.1) is 11.3 Å². The summed E-state index contributed by atoms with van der Waals surface area (Å²) >= 11 is 0. The zero-order valence-corrected chi connectivity index (χ0v) is 14.1. The zero-order valence-electron chi connectivity index (χ0n) is 14.1. The van der Waals surface area contributed by atoms with Gasteiger partial charge in [0.05, 0.1) is 29.5 Å². The summed E-state index contributed by atoms with van der Waals surface area (Å²) in [7, 11) is 0. The predicted octanol–water partition coefficient (Wildman–Crippen LogP) is 2.01. The van der Waals surface area contributed by atoms with E-state index in [4.69, 9.17) is 10.00 Å². The van der Waals surface area contributed by atoms with Crippen LogP contribution in [0.25, 0.3) is 11.3 Å². The molecule has 26 heavy (non-hydrogen) atoms.